The number of carbonyl (C=O) groups is 1. The summed E-state index contributed by atoms with van der Waals surface area (Å²) in [5.41, 5.74) is 1.95. The van der Waals surface area contributed by atoms with Crippen molar-refractivity contribution in [2.75, 3.05) is 19.6 Å². The van der Waals surface area contributed by atoms with Crippen molar-refractivity contribution in [1.82, 2.24) is 20.2 Å². The molecule has 0 aliphatic carbocycles. The van der Waals surface area contributed by atoms with Gasteiger partial charge in [0.25, 0.3) is 5.56 Å². The van der Waals surface area contributed by atoms with Crippen molar-refractivity contribution in [3.8, 4) is 6.07 Å². The molecule has 0 radical (unpaired) electrons. The number of aromatic nitrogens is 2. The third-order valence-electron chi connectivity index (χ3n) is 4.47. The lowest BCUT2D eigenvalue weighted by Gasteiger charge is -2.31. The summed E-state index contributed by atoms with van der Waals surface area (Å²) in [5, 5.41) is 20.2. The van der Waals surface area contributed by atoms with Crippen molar-refractivity contribution < 1.29 is 9.90 Å². The lowest BCUT2D eigenvalue weighted by atomic mass is 10.0. The van der Waals surface area contributed by atoms with Crippen molar-refractivity contribution in [3.63, 3.8) is 0 Å². The number of likely N-dealkylation sites (tertiary alicyclic amines) is 1. The third-order valence-corrected chi connectivity index (χ3v) is 4.47. The van der Waals surface area contributed by atoms with E-state index in [1.54, 1.807) is 18.2 Å². The van der Waals surface area contributed by atoms with E-state index >= 15 is 0 Å². The quantitative estimate of drug-likeness (QED) is 0.764. The van der Waals surface area contributed by atoms with Gasteiger partial charge in [-0.2, -0.15) is 5.26 Å². The van der Waals surface area contributed by atoms with Gasteiger partial charge in [-0.25, -0.2) is 9.78 Å². The fraction of sp³-hybridized carbons (Fsp3) is 0.412. The minimum Gasteiger partial charge on any atom is -0.465 e. The second-order valence-electron chi connectivity index (χ2n) is 6.17. The molecular formula is C17H19N5O3. The summed E-state index contributed by atoms with van der Waals surface area (Å²) in [6, 6.07) is 7.07. The van der Waals surface area contributed by atoms with Crippen molar-refractivity contribution in [2.24, 2.45) is 0 Å². The van der Waals surface area contributed by atoms with Gasteiger partial charge >= 0.3 is 6.09 Å². The molecule has 1 aliphatic rings. The molecule has 130 valence electrons. The first kappa shape index (κ1) is 16.9. The molecular weight excluding hydrogens is 322 g/mol. The summed E-state index contributed by atoms with van der Waals surface area (Å²) in [6.45, 7) is 2.29. The fourth-order valence-electron chi connectivity index (χ4n) is 3.10. The monoisotopic (exact) mass is 341 g/mol. The van der Waals surface area contributed by atoms with E-state index < -0.39 is 6.09 Å². The maximum absolute atomic E-state index is 12.2. The summed E-state index contributed by atoms with van der Waals surface area (Å²) >= 11 is 0. The molecule has 8 nitrogen and oxygen atoms in total. The molecule has 2 heterocycles. The zero-order chi connectivity index (χ0) is 17.8. The molecule has 8 heteroatoms. The smallest absolute Gasteiger partial charge is 0.404 e. The van der Waals surface area contributed by atoms with Crippen LogP contribution in [0.25, 0.3) is 11.0 Å². The SMILES string of the molecule is N#Cc1ccc2nc(CCN3CCC(NC(=O)O)CC3)c(=O)[nH]c2c1. The summed E-state index contributed by atoms with van der Waals surface area (Å²) in [5.74, 6) is 0. The fourth-order valence-corrected chi connectivity index (χ4v) is 3.10. The number of hydrogen-bond donors (Lipinski definition) is 3. The number of fused-ring (bicyclic) bond motifs is 1. The molecule has 0 saturated carbocycles. The molecule has 1 aromatic carbocycles. The normalized spacial score (nSPS) is 15.8. The standard InChI is InChI=1S/C17H19N5O3/c18-10-11-1-2-13-15(9-11)21-16(23)14(20-13)5-8-22-6-3-12(4-7-22)19-17(24)25/h1-2,9,12,19H,3-8H2,(H,21,23)(H,24,25). The Morgan fingerprint density at radius 2 is 2.20 bits per heavy atom. The summed E-state index contributed by atoms with van der Waals surface area (Å²) in [7, 11) is 0. The lowest BCUT2D eigenvalue weighted by Crippen LogP contribution is -2.44. The number of amides is 1. The van der Waals surface area contributed by atoms with Gasteiger partial charge in [0.1, 0.15) is 5.69 Å². The van der Waals surface area contributed by atoms with E-state index in [0.29, 0.717) is 35.3 Å². The highest BCUT2D eigenvalue weighted by Crippen LogP contribution is 2.12. The van der Waals surface area contributed by atoms with Gasteiger partial charge in [0.15, 0.2) is 0 Å². The number of nitrogens with one attached hydrogen (secondary N) is 2. The number of rotatable bonds is 4. The van der Waals surface area contributed by atoms with Crippen LogP contribution in [0.15, 0.2) is 23.0 Å². The number of nitriles is 1. The van der Waals surface area contributed by atoms with E-state index in [4.69, 9.17) is 10.4 Å². The number of benzene rings is 1. The van der Waals surface area contributed by atoms with Gasteiger partial charge in [-0.3, -0.25) is 4.79 Å². The second kappa shape index (κ2) is 7.32. The van der Waals surface area contributed by atoms with E-state index in [0.717, 1.165) is 25.9 Å². The molecule has 2 aromatic rings. The highest BCUT2D eigenvalue weighted by Gasteiger charge is 2.20. The van der Waals surface area contributed by atoms with Crippen LogP contribution in [-0.4, -0.2) is 51.7 Å². The van der Waals surface area contributed by atoms with Crippen LogP contribution in [0, 0.1) is 11.3 Å². The zero-order valence-corrected chi connectivity index (χ0v) is 13.7. The van der Waals surface area contributed by atoms with E-state index in [2.05, 4.69) is 20.2 Å². The zero-order valence-electron chi connectivity index (χ0n) is 13.7. The van der Waals surface area contributed by atoms with Crippen LogP contribution in [0.4, 0.5) is 4.79 Å². The first-order valence-corrected chi connectivity index (χ1v) is 8.20. The summed E-state index contributed by atoms with van der Waals surface area (Å²) in [4.78, 5) is 32.3. The number of hydrogen-bond acceptors (Lipinski definition) is 5. The molecule has 1 aromatic heterocycles. The predicted molar refractivity (Wildman–Crippen MR) is 91.4 cm³/mol. The van der Waals surface area contributed by atoms with Crippen LogP contribution < -0.4 is 10.9 Å². The van der Waals surface area contributed by atoms with Gasteiger partial charge in [0.05, 0.1) is 22.7 Å². The minimum atomic E-state index is -0.982. The van der Waals surface area contributed by atoms with Crippen LogP contribution >= 0.6 is 0 Å². The topological polar surface area (TPSA) is 122 Å². The molecule has 1 saturated heterocycles. The number of H-pyrrole nitrogens is 1. The van der Waals surface area contributed by atoms with Crippen molar-refractivity contribution in [3.05, 3.63) is 39.8 Å². The molecule has 0 spiro atoms. The highest BCUT2D eigenvalue weighted by molar-refractivity contribution is 5.75. The van der Waals surface area contributed by atoms with E-state index in [-0.39, 0.29) is 11.6 Å². The Labute approximate surface area is 144 Å². The predicted octanol–water partition coefficient (Wildman–Crippen LogP) is 1.07. The van der Waals surface area contributed by atoms with Gasteiger partial charge in [0.2, 0.25) is 0 Å². The highest BCUT2D eigenvalue weighted by atomic mass is 16.4. The van der Waals surface area contributed by atoms with Crippen LogP contribution in [0.5, 0.6) is 0 Å². The average Bonchev–Trinajstić information content (AvgIpc) is 2.60. The van der Waals surface area contributed by atoms with Gasteiger partial charge in [-0.1, -0.05) is 0 Å². The Bertz CT molecular complexity index is 878. The number of carboxylic acid groups (broad SMARTS) is 1. The van der Waals surface area contributed by atoms with E-state index in [1.807, 2.05) is 6.07 Å². The molecule has 3 rings (SSSR count). The van der Waals surface area contributed by atoms with Gasteiger partial charge in [0, 0.05) is 32.1 Å². The molecule has 1 fully saturated rings. The Hall–Kier alpha value is -2.92. The van der Waals surface area contributed by atoms with Crippen molar-refractivity contribution >= 4 is 17.1 Å². The Morgan fingerprint density at radius 3 is 2.88 bits per heavy atom. The van der Waals surface area contributed by atoms with Crippen molar-refractivity contribution in [2.45, 2.75) is 25.3 Å². The molecule has 1 aliphatic heterocycles. The van der Waals surface area contributed by atoms with Crippen LogP contribution in [0.3, 0.4) is 0 Å². The lowest BCUT2D eigenvalue weighted by molar-refractivity contribution is 0.168. The van der Waals surface area contributed by atoms with Crippen LogP contribution in [-0.2, 0) is 6.42 Å². The summed E-state index contributed by atoms with van der Waals surface area (Å²) in [6.07, 6.45) is 1.09. The van der Waals surface area contributed by atoms with Crippen LogP contribution in [0.1, 0.15) is 24.1 Å². The second-order valence-corrected chi connectivity index (χ2v) is 6.17. The van der Waals surface area contributed by atoms with Crippen molar-refractivity contribution in [1.29, 1.82) is 5.26 Å². The third kappa shape index (κ3) is 4.14. The average molecular weight is 341 g/mol. The van der Waals surface area contributed by atoms with E-state index in [9.17, 15) is 9.59 Å². The largest absolute Gasteiger partial charge is 0.465 e. The van der Waals surface area contributed by atoms with Crippen LogP contribution in [0.2, 0.25) is 0 Å². The minimum absolute atomic E-state index is 0.00489. The maximum atomic E-state index is 12.2. The Balaban J connectivity index is 1.62. The maximum Gasteiger partial charge on any atom is 0.404 e. The Morgan fingerprint density at radius 1 is 1.44 bits per heavy atom. The molecule has 0 bridgehead atoms. The Kier molecular flexibility index (Phi) is 4.95. The summed E-state index contributed by atoms with van der Waals surface area (Å²) < 4.78 is 0. The van der Waals surface area contributed by atoms with Gasteiger partial charge in [-0.05, 0) is 31.0 Å². The molecule has 25 heavy (non-hydrogen) atoms. The molecule has 1 amide bonds. The first-order valence-electron chi connectivity index (χ1n) is 8.20. The number of nitrogens with zero attached hydrogens (tertiary/aromatic N) is 3. The number of aromatic amines is 1. The number of piperidine rings is 1. The molecule has 0 atom stereocenters. The van der Waals surface area contributed by atoms with Gasteiger partial charge in [-0.15, -0.1) is 0 Å². The van der Waals surface area contributed by atoms with Gasteiger partial charge < -0.3 is 20.3 Å². The first-order chi connectivity index (χ1) is 12.0. The molecule has 0 unspecified atom stereocenters. The van der Waals surface area contributed by atoms with E-state index in [1.165, 1.54) is 0 Å². The molecule has 3 N–H and O–H groups in total.